The Balaban J connectivity index is 1.80. The van der Waals surface area contributed by atoms with Gasteiger partial charge in [0.25, 0.3) is 5.91 Å². The molecule has 0 bridgehead atoms. The molecular weight excluding hydrogens is 427 g/mol. The van der Waals surface area contributed by atoms with Crippen molar-refractivity contribution in [2.45, 2.75) is 12.9 Å². The van der Waals surface area contributed by atoms with E-state index >= 15 is 0 Å². The molecule has 5 nitrogen and oxygen atoms in total. The number of hydrogen-bond acceptors (Lipinski definition) is 5. The Labute approximate surface area is 172 Å². The van der Waals surface area contributed by atoms with Crippen LogP contribution in [0.1, 0.15) is 21.5 Å². The monoisotopic (exact) mass is 439 g/mol. The van der Waals surface area contributed by atoms with E-state index in [9.17, 15) is 22.8 Å². The lowest BCUT2D eigenvalue weighted by atomic mass is 10.1. The summed E-state index contributed by atoms with van der Waals surface area (Å²) in [5.74, 6) is -1.92. The fourth-order valence-electron chi connectivity index (χ4n) is 2.54. The third kappa shape index (κ3) is 5.15. The highest BCUT2D eigenvalue weighted by Crippen LogP contribution is 2.35. The van der Waals surface area contributed by atoms with E-state index in [1.54, 1.807) is 18.2 Å². The molecule has 150 valence electrons. The van der Waals surface area contributed by atoms with Gasteiger partial charge in [0.15, 0.2) is 0 Å². The molecule has 1 amide bonds. The summed E-state index contributed by atoms with van der Waals surface area (Å²) in [5.41, 5.74) is 0.862. The van der Waals surface area contributed by atoms with Crippen LogP contribution in [0.5, 0.6) is 5.75 Å². The number of para-hydroxylation sites is 1. The third-order valence-corrected chi connectivity index (χ3v) is 5.23. The van der Waals surface area contributed by atoms with Gasteiger partial charge in [-0.3, -0.25) is 9.69 Å². The van der Waals surface area contributed by atoms with Crippen LogP contribution in [0.3, 0.4) is 0 Å². The lowest BCUT2D eigenvalue weighted by Crippen LogP contribution is -2.28. The maximum absolute atomic E-state index is 12.7. The van der Waals surface area contributed by atoms with Crippen LogP contribution >= 0.6 is 24.0 Å². The van der Waals surface area contributed by atoms with Gasteiger partial charge in [-0.15, -0.1) is 13.2 Å². The van der Waals surface area contributed by atoms with E-state index in [-0.39, 0.29) is 26.9 Å². The van der Waals surface area contributed by atoms with E-state index in [4.69, 9.17) is 17.3 Å². The SMILES string of the molecule is O=C(O)c1ccc(/C=C2\SC(=S)N(Cc3ccccc3OC(F)(F)F)C2=O)cc1. The van der Waals surface area contributed by atoms with Gasteiger partial charge in [-0.05, 0) is 29.8 Å². The maximum atomic E-state index is 12.7. The number of carboxylic acid groups (broad SMARTS) is 1. The van der Waals surface area contributed by atoms with Crippen molar-refractivity contribution in [1.29, 1.82) is 0 Å². The summed E-state index contributed by atoms with van der Waals surface area (Å²) in [6, 6.07) is 11.4. The van der Waals surface area contributed by atoms with Gasteiger partial charge in [0.05, 0.1) is 17.0 Å². The van der Waals surface area contributed by atoms with E-state index in [1.165, 1.54) is 41.3 Å². The first-order valence-electron chi connectivity index (χ1n) is 8.06. The van der Waals surface area contributed by atoms with Crippen LogP contribution in [0, 0.1) is 0 Å². The Bertz CT molecular complexity index is 1000. The van der Waals surface area contributed by atoms with E-state index in [0.29, 0.717) is 5.56 Å². The standard InChI is InChI=1S/C19H12F3NO4S2/c20-19(21,22)27-14-4-2-1-3-13(14)10-23-16(24)15(29-18(23)28)9-11-5-7-12(8-6-11)17(25)26/h1-9H,10H2,(H,25,26)/b15-9-. The first-order chi connectivity index (χ1) is 13.6. The second kappa shape index (κ2) is 8.26. The van der Waals surface area contributed by atoms with Gasteiger partial charge >= 0.3 is 12.3 Å². The zero-order chi connectivity index (χ0) is 21.2. The highest BCUT2D eigenvalue weighted by atomic mass is 32.2. The second-order valence-electron chi connectivity index (χ2n) is 5.85. The number of carbonyl (C=O) groups is 2. The molecule has 1 aliphatic rings. The molecule has 0 radical (unpaired) electrons. The van der Waals surface area contributed by atoms with Crippen LogP contribution in [-0.4, -0.2) is 32.6 Å². The fourth-order valence-corrected chi connectivity index (χ4v) is 3.79. The van der Waals surface area contributed by atoms with Crippen molar-refractivity contribution in [3.05, 3.63) is 70.1 Å². The average Bonchev–Trinajstić information content (AvgIpc) is 2.90. The predicted molar refractivity (Wildman–Crippen MR) is 105 cm³/mol. The number of nitrogens with zero attached hydrogens (tertiary/aromatic N) is 1. The van der Waals surface area contributed by atoms with Crippen LogP contribution in [0.15, 0.2) is 53.4 Å². The van der Waals surface area contributed by atoms with Gasteiger partial charge in [-0.1, -0.05) is 54.3 Å². The molecule has 29 heavy (non-hydrogen) atoms. The lowest BCUT2D eigenvalue weighted by molar-refractivity contribution is -0.274. The smallest absolute Gasteiger partial charge is 0.478 e. The molecule has 1 heterocycles. The lowest BCUT2D eigenvalue weighted by Gasteiger charge is -2.18. The van der Waals surface area contributed by atoms with Gasteiger partial charge < -0.3 is 9.84 Å². The Hall–Kier alpha value is -2.85. The van der Waals surface area contributed by atoms with Crippen LogP contribution in [0.4, 0.5) is 13.2 Å². The fraction of sp³-hybridized carbons (Fsp3) is 0.105. The number of thioether (sulfide) groups is 1. The van der Waals surface area contributed by atoms with E-state index in [2.05, 4.69) is 4.74 Å². The van der Waals surface area contributed by atoms with Gasteiger partial charge in [-0.2, -0.15) is 0 Å². The first kappa shape index (κ1) is 20.9. The summed E-state index contributed by atoms with van der Waals surface area (Å²) in [7, 11) is 0. The summed E-state index contributed by atoms with van der Waals surface area (Å²) >= 11 is 6.22. The van der Waals surface area contributed by atoms with Crippen molar-refractivity contribution in [3.63, 3.8) is 0 Å². The first-order valence-corrected chi connectivity index (χ1v) is 9.29. The number of carboxylic acids is 1. The second-order valence-corrected chi connectivity index (χ2v) is 7.53. The molecule has 10 heteroatoms. The number of carbonyl (C=O) groups excluding carboxylic acids is 1. The quantitative estimate of drug-likeness (QED) is 0.539. The van der Waals surface area contributed by atoms with Gasteiger partial charge in [-0.25, -0.2) is 4.79 Å². The normalized spacial score (nSPS) is 15.8. The summed E-state index contributed by atoms with van der Waals surface area (Å²) in [6.45, 7) is -0.174. The molecule has 0 atom stereocenters. The number of alkyl halides is 3. The van der Waals surface area contributed by atoms with Crippen LogP contribution in [0.25, 0.3) is 6.08 Å². The zero-order valence-corrected chi connectivity index (χ0v) is 16.1. The number of halogens is 3. The molecule has 0 unspecified atom stereocenters. The molecule has 1 fully saturated rings. The molecule has 1 N–H and O–H groups in total. The minimum absolute atomic E-state index is 0.107. The molecule has 0 aliphatic carbocycles. The highest BCUT2D eigenvalue weighted by Gasteiger charge is 2.35. The molecule has 1 aliphatic heterocycles. The van der Waals surface area contributed by atoms with Crippen LogP contribution in [-0.2, 0) is 11.3 Å². The van der Waals surface area contributed by atoms with Crippen molar-refractivity contribution in [2.75, 3.05) is 0 Å². The van der Waals surface area contributed by atoms with Crippen molar-refractivity contribution in [2.24, 2.45) is 0 Å². The number of thiocarbonyl (C=S) groups is 1. The van der Waals surface area contributed by atoms with E-state index in [0.717, 1.165) is 11.8 Å². The predicted octanol–water partition coefficient (Wildman–Crippen LogP) is 4.68. The van der Waals surface area contributed by atoms with E-state index in [1.807, 2.05) is 0 Å². The molecule has 1 saturated heterocycles. The number of amides is 1. The molecule has 0 aromatic heterocycles. The summed E-state index contributed by atoms with van der Waals surface area (Å²) in [5, 5.41) is 8.93. The van der Waals surface area contributed by atoms with Gasteiger partial charge in [0, 0.05) is 5.56 Å². The Kier molecular flexibility index (Phi) is 5.94. The molecule has 3 rings (SSSR count). The minimum atomic E-state index is -4.85. The average molecular weight is 439 g/mol. The Morgan fingerprint density at radius 3 is 2.45 bits per heavy atom. The summed E-state index contributed by atoms with van der Waals surface area (Å²) in [4.78, 5) is 25.1. The van der Waals surface area contributed by atoms with Crippen LogP contribution < -0.4 is 4.74 Å². The maximum Gasteiger partial charge on any atom is 0.573 e. The number of aromatic carboxylic acids is 1. The third-order valence-electron chi connectivity index (χ3n) is 3.86. The molecule has 0 saturated carbocycles. The van der Waals surface area contributed by atoms with E-state index < -0.39 is 24.0 Å². The van der Waals surface area contributed by atoms with Gasteiger partial charge in [0.1, 0.15) is 10.1 Å². The Morgan fingerprint density at radius 1 is 1.17 bits per heavy atom. The molecular formula is C19H12F3NO4S2. The number of hydrogen-bond donors (Lipinski definition) is 1. The summed E-state index contributed by atoms with van der Waals surface area (Å²) in [6.07, 6.45) is -3.31. The van der Waals surface area contributed by atoms with Crippen LogP contribution in [0.2, 0.25) is 0 Å². The van der Waals surface area contributed by atoms with Crippen molar-refractivity contribution in [3.8, 4) is 5.75 Å². The number of benzene rings is 2. The zero-order valence-electron chi connectivity index (χ0n) is 14.5. The molecule has 2 aromatic carbocycles. The van der Waals surface area contributed by atoms with Gasteiger partial charge in [0.2, 0.25) is 0 Å². The molecule has 0 spiro atoms. The topological polar surface area (TPSA) is 66.8 Å². The highest BCUT2D eigenvalue weighted by molar-refractivity contribution is 8.26. The number of ether oxygens (including phenoxy) is 1. The minimum Gasteiger partial charge on any atom is -0.478 e. The van der Waals surface area contributed by atoms with Crippen molar-refractivity contribution in [1.82, 2.24) is 4.90 Å². The van der Waals surface area contributed by atoms with Crippen molar-refractivity contribution < 1.29 is 32.6 Å². The molecule has 2 aromatic rings. The largest absolute Gasteiger partial charge is 0.573 e. The number of rotatable bonds is 5. The summed E-state index contributed by atoms with van der Waals surface area (Å²) < 4.78 is 42.0. The van der Waals surface area contributed by atoms with Crippen molar-refractivity contribution >= 4 is 46.3 Å². The Morgan fingerprint density at radius 2 is 1.83 bits per heavy atom.